The van der Waals surface area contributed by atoms with Gasteiger partial charge < -0.3 is 20.3 Å². The number of thiophene rings is 1. The van der Waals surface area contributed by atoms with E-state index in [9.17, 15) is 28.0 Å². The van der Waals surface area contributed by atoms with Gasteiger partial charge in [-0.2, -0.15) is 18.4 Å². The van der Waals surface area contributed by atoms with Crippen LogP contribution in [0.4, 0.5) is 23.7 Å². The number of benzene rings is 1. The summed E-state index contributed by atoms with van der Waals surface area (Å²) >= 11 is 1.45. The molecule has 11 heteroatoms. The van der Waals surface area contributed by atoms with Gasteiger partial charge in [-0.3, -0.25) is 4.79 Å². The van der Waals surface area contributed by atoms with Crippen LogP contribution in [0.3, 0.4) is 0 Å². The Morgan fingerprint density at radius 2 is 2.03 bits per heavy atom. The number of anilines is 1. The first-order valence-electron chi connectivity index (χ1n) is 11.0. The minimum atomic E-state index is -4.53. The molecule has 35 heavy (non-hydrogen) atoms. The van der Waals surface area contributed by atoms with E-state index in [2.05, 4.69) is 10.6 Å². The van der Waals surface area contributed by atoms with Gasteiger partial charge in [0.2, 0.25) is 5.91 Å². The van der Waals surface area contributed by atoms with Crippen LogP contribution in [0.15, 0.2) is 35.7 Å². The van der Waals surface area contributed by atoms with Gasteiger partial charge in [-0.05, 0) is 56.8 Å². The number of carbonyl (C=O) groups is 2. The number of amides is 2. The highest BCUT2D eigenvalue weighted by atomic mass is 32.1. The summed E-state index contributed by atoms with van der Waals surface area (Å²) in [5, 5.41) is 16.7. The summed E-state index contributed by atoms with van der Waals surface area (Å²) in [7, 11) is 0. The molecule has 2 heterocycles. The van der Waals surface area contributed by atoms with Crippen molar-refractivity contribution in [2.24, 2.45) is 0 Å². The fraction of sp³-hybridized carbons (Fsp3) is 0.458. The maximum atomic E-state index is 13.2. The standard InChI is InChI=1S/C24H27F3N4O3S/c1-23(2,3)34-22(33)30-19(12-18-5-4-10-35-18)21(32)29-17-8-9-31(14-17)20-11-16(24(25,26)27)7-6-15(20)13-28/h4-7,10-11,17,19H,8-9,12,14H2,1-3H3,(H,29,32)(H,30,33)/t17-,19-/m0/s1. The Balaban J connectivity index is 1.70. The Bertz CT molecular complexity index is 1090. The molecule has 2 atom stereocenters. The van der Waals surface area contributed by atoms with Gasteiger partial charge in [0, 0.05) is 30.4 Å². The normalized spacial score (nSPS) is 16.9. The van der Waals surface area contributed by atoms with E-state index in [0.717, 1.165) is 23.1 Å². The predicted molar refractivity (Wildman–Crippen MR) is 126 cm³/mol. The van der Waals surface area contributed by atoms with E-state index >= 15 is 0 Å². The maximum Gasteiger partial charge on any atom is 0.416 e. The lowest BCUT2D eigenvalue weighted by Gasteiger charge is -2.25. The Labute approximate surface area is 205 Å². The smallest absolute Gasteiger partial charge is 0.416 e. The fourth-order valence-corrected chi connectivity index (χ4v) is 4.50. The van der Waals surface area contributed by atoms with Crippen LogP contribution >= 0.6 is 11.3 Å². The van der Waals surface area contributed by atoms with Crippen molar-refractivity contribution in [2.75, 3.05) is 18.0 Å². The zero-order valence-corrected chi connectivity index (χ0v) is 20.4. The third-order valence-corrected chi connectivity index (χ3v) is 6.21. The van der Waals surface area contributed by atoms with Crippen LogP contribution in [-0.4, -0.2) is 42.8 Å². The minimum Gasteiger partial charge on any atom is -0.444 e. The predicted octanol–water partition coefficient (Wildman–Crippen LogP) is 4.47. The average Bonchev–Trinajstić information content (AvgIpc) is 3.43. The number of alkyl halides is 3. The number of hydrogen-bond acceptors (Lipinski definition) is 6. The van der Waals surface area contributed by atoms with E-state index in [0.29, 0.717) is 13.0 Å². The highest BCUT2D eigenvalue weighted by Gasteiger charge is 2.34. The molecule has 1 aromatic heterocycles. The van der Waals surface area contributed by atoms with Gasteiger partial charge in [0.25, 0.3) is 0 Å². The molecule has 2 N–H and O–H groups in total. The van der Waals surface area contributed by atoms with Crippen LogP contribution in [0.1, 0.15) is 43.2 Å². The summed E-state index contributed by atoms with van der Waals surface area (Å²) in [6, 6.07) is 7.39. The van der Waals surface area contributed by atoms with Gasteiger partial charge in [-0.25, -0.2) is 4.79 Å². The molecule has 3 rings (SSSR count). The van der Waals surface area contributed by atoms with Crippen LogP contribution in [0.25, 0.3) is 0 Å². The van der Waals surface area contributed by atoms with Crippen LogP contribution in [0.2, 0.25) is 0 Å². The molecule has 0 aliphatic carbocycles. The molecule has 7 nitrogen and oxygen atoms in total. The third-order valence-electron chi connectivity index (χ3n) is 5.31. The number of halogens is 3. The van der Waals surface area contributed by atoms with Gasteiger partial charge in [-0.1, -0.05) is 6.07 Å². The van der Waals surface area contributed by atoms with E-state index in [1.165, 1.54) is 11.3 Å². The number of carbonyl (C=O) groups excluding carboxylic acids is 2. The van der Waals surface area contributed by atoms with Gasteiger partial charge in [-0.15, -0.1) is 11.3 Å². The summed E-state index contributed by atoms with van der Waals surface area (Å²) in [6.45, 7) is 5.77. The van der Waals surface area contributed by atoms with Gasteiger partial charge in [0.1, 0.15) is 17.7 Å². The van der Waals surface area contributed by atoms with Gasteiger partial charge in [0.15, 0.2) is 0 Å². The number of nitriles is 1. The quantitative estimate of drug-likeness (QED) is 0.601. The van der Waals surface area contributed by atoms with Crippen molar-refractivity contribution in [1.82, 2.24) is 10.6 Å². The zero-order chi connectivity index (χ0) is 25.8. The lowest BCUT2D eigenvalue weighted by atomic mass is 10.1. The second-order valence-corrected chi connectivity index (χ2v) is 10.3. The zero-order valence-electron chi connectivity index (χ0n) is 19.6. The van der Waals surface area contributed by atoms with E-state index in [1.54, 1.807) is 25.7 Å². The number of ether oxygens (including phenoxy) is 1. The second-order valence-electron chi connectivity index (χ2n) is 9.26. The SMILES string of the molecule is CC(C)(C)OC(=O)N[C@@H](Cc1cccs1)C(=O)N[C@H]1CCN(c2cc(C(F)(F)F)ccc2C#N)C1. The van der Waals surface area contributed by atoms with Crippen molar-refractivity contribution in [3.05, 3.63) is 51.7 Å². The minimum absolute atomic E-state index is 0.132. The summed E-state index contributed by atoms with van der Waals surface area (Å²) in [5.41, 5.74) is -1.26. The Morgan fingerprint density at radius 1 is 1.29 bits per heavy atom. The van der Waals surface area contributed by atoms with Crippen LogP contribution in [0, 0.1) is 11.3 Å². The summed E-state index contributed by atoms with van der Waals surface area (Å²) < 4.78 is 44.9. The molecule has 1 aromatic carbocycles. The van der Waals surface area contributed by atoms with Crippen LogP contribution < -0.4 is 15.5 Å². The summed E-state index contributed by atoms with van der Waals surface area (Å²) in [5.74, 6) is -0.416. The monoisotopic (exact) mass is 508 g/mol. The number of rotatable bonds is 6. The molecule has 0 spiro atoms. The second kappa shape index (κ2) is 10.6. The lowest BCUT2D eigenvalue weighted by Crippen LogP contribution is -2.52. The average molecular weight is 509 g/mol. The highest BCUT2D eigenvalue weighted by Crippen LogP contribution is 2.34. The van der Waals surface area contributed by atoms with Crippen LogP contribution in [-0.2, 0) is 22.1 Å². The van der Waals surface area contributed by atoms with Crippen molar-refractivity contribution in [3.8, 4) is 6.07 Å². The molecular formula is C24H27F3N4O3S. The highest BCUT2D eigenvalue weighted by molar-refractivity contribution is 7.09. The number of nitrogens with one attached hydrogen (secondary N) is 2. The summed E-state index contributed by atoms with van der Waals surface area (Å²) in [4.78, 5) is 28.0. The first-order valence-corrected chi connectivity index (χ1v) is 11.9. The first kappa shape index (κ1) is 26.3. The third kappa shape index (κ3) is 7.36. The molecular weight excluding hydrogens is 481 g/mol. The lowest BCUT2D eigenvalue weighted by molar-refractivity contribution is -0.137. The van der Waals surface area contributed by atoms with Crippen molar-refractivity contribution >= 4 is 29.0 Å². The number of hydrogen-bond donors (Lipinski definition) is 2. The Kier molecular flexibility index (Phi) is 7.95. The first-order chi connectivity index (χ1) is 16.4. The molecule has 0 unspecified atom stereocenters. The van der Waals surface area contributed by atoms with E-state index in [-0.39, 0.29) is 30.3 Å². The van der Waals surface area contributed by atoms with Crippen molar-refractivity contribution in [1.29, 1.82) is 5.26 Å². The van der Waals surface area contributed by atoms with Crippen molar-refractivity contribution in [2.45, 2.75) is 57.5 Å². The van der Waals surface area contributed by atoms with E-state index in [1.807, 2.05) is 23.6 Å². The van der Waals surface area contributed by atoms with E-state index in [4.69, 9.17) is 4.74 Å². The van der Waals surface area contributed by atoms with Gasteiger partial charge in [0.05, 0.1) is 16.8 Å². The Hall–Kier alpha value is -3.26. The largest absolute Gasteiger partial charge is 0.444 e. The molecule has 1 saturated heterocycles. The maximum absolute atomic E-state index is 13.2. The molecule has 188 valence electrons. The van der Waals surface area contributed by atoms with E-state index < -0.39 is 35.4 Å². The topological polar surface area (TPSA) is 94.5 Å². The molecule has 0 saturated carbocycles. The van der Waals surface area contributed by atoms with Gasteiger partial charge >= 0.3 is 12.3 Å². The fourth-order valence-electron chi connectivity index (χ4n) is 3.75. The van der Waals surface area contributed by atoms with Crippen LogP contribution in [0.5, 0.6) is 0 Å². The molecule has 1 aliphatic rings. The van der Waals surface area contributed by atoms with Crippen molar-refractivity contribution < 1.29 is 27.5 Å². The van der Waals surface area contributed by atoms with Crippen molar-refractivity contribution in [3.63, 3.8) is 0 Å². The summed E-state index contributed by atoms with van der Waals surface area (Å²) in [6.07, 6.45) is -4.50. The molecule has 0 bridgehead atoms. The molecule has 1 fully saturated rings. The number of alkyl carbamates (subject to hydrolysis) is 1. The molecule has 1 aliphatic heterocycles. The molecule has 2 aromatic rings. The Morgan fingerprint density at radius 3 is 2.63 bits per heavy atom. The number of nitrogens with zero attached hydrogens (tertiary/aromatic N) is 2. The molecule has 2 amide bonds. The molecule has 0 radical (unpaired) electrons.